The van der Waals surface area contributed by atoms with Crippen LogP contribution in [0.4, 0.5) is 0 Å². The molecule has 1 fully saturated rings. The normalized spacial score (nSPS) is 22.3. The van der Waals surface area contributed by atoms with Gasteiger partial charge in [0.25, 0.3) is 0 Å². The number of hydrogen-bond donors (Lipinski definition) is 1. The van der Waals surface area contributed by atoms with Crippen LogP contribution in [0.15, 0.2) is 30.3 Å². The topological polar surface area (TPSA) is 38.3 Å². The van der Waals surface area contributed by atoms with Gasteiger partial charge in [-0.1, -0.05) is 30.3 Å². The SMILES string of the molecule is O=C1CC(c2ccccc2)ON1. The van der Waals surface area contributed by atoms with Gasteiger partial charge in [0.2, 0.25) is 5.91 Å². The first kappa shape index (κ1) is 7.31. The Morgan fingerprint density at radius 2 is 2.08 bits per heavy atom. The third kappa shape index (κ3) is 1.31. The lowest BCUT2D eigenvalue weighted by atomic mass is 10.1. The maximum atomic E-state index is 10.8. The Bertz CT molecular complexity index is 284. The molecule has 0 aliphatic carbocycles. The Balaban J connectivity index is 2.16. The minimum Gasteiger partial charge on any atom is -0.273 e. The van der Waals surface area contributed by atoms with Gasteiger partial charge in [0.05, 0.1) is 6.42 Å². The van der Waals surface area contributed by atoms with E-state index < -0.39 is 0 Å². The highest BCUT2D eigenvalue weighted by Crippen LogP contribution is 2.23. The van der Waals surface area contributed by atoms with Crippen molar-refractivity contribution in [2.45, 2.75) is 12.5 Å². The summed E-state index contributed by atoms with van der Waals surface area (Å²) in [5, 5.41) is 0. The lowest BCUT2D eigenvalue weighted by Gasteiger charge is -2.05. The molecule has 1 saturated heterocycles. The molecule has 1 atom stereocenters. The zero-order valence-corrected chi connectivity index (χ0v) is 6.49. The molecule has 1 amide bonds. The van der Waals surface area contributed by atoms with Crippen LogP contribution in [0.5, 0.6) is 0 Å². The number of amides is 1. The molecular formula is C9H9NO2. The van der Waals surface area contributed by atoms with E-state index in [1.807, 2.05) is 30.3 Å². The summed E-state index contributed by atoms with van der Waals surface area (Å²) < 4.78 is 0. The molecule has 0 aromatic heterocycles. The van der Waals surface area contributed by atoms with E-state index in [1.54, 1.807) is 0 Å². The van der Waals surface area contributed by atoms with E-state index in [0.29, 0.717) is 6.42 Å². The van der Waals surface area contributed by atoms with E-state index in [-0.39, 0.29) is 12.0 Å². The molecule has 1 aromatic carbocycles. The third-order valence-corrected chi connectivity index (χ3v) is 1.86. The number of benzene rings is 1. The summed E-state index contributed by atoms with van der Waals surface area (Å²) >= 11 is 0. The van der Waals surface area contributed by atoms with Crippen LogP contribution in [0.3, 0.4) is 0 Å². The van der Waals surface area contributed by atoms with Crippen molar-refractivity contribution in [2.24, 2.45) is 0 Å². The molecule has 1 heterocycles. The summed E-state index contributed by atoms with van der Waals surface area (Å²) in [4.78, 5) is 15.8. The van der Waals surface area contributed by atoms with Crippen molar-refractivity contribution < 1.29 is 9.63 Å². The van der Waals surface area contributed by atoms with E-state index in [9.17, 15) is 4.79 Å². The minimum atomic E-state index is -0.112. The van der Waals surface area contributed by atoms with Gasteiger partial charge in [-0.05, 0) is 5.56 Å². The highest BCUT2D eigenvalue weighted by Gasteiger charge is 2.23. The van der Waals surface area contributed by atoms with Crippen LogP contribution < -0.4 is 5.48 Å². The van der Waals surface area contributed by atoms with Crippen LogP contribution in [0.2, 0.25) is 0 Å². The molecule has 12 heavy (non-hydrogen) atoms. The van der Waals surface area contributed by atoms with Gasteiger partial charge in [-0.2, -0.15) is 0 Å². The van der Waals surface area contributed by atoms with Crippen LogP contribution in [-0.4, -0.2) is 5.91 Å². The van der Waals surface area contributed by atoms with Gasteiger partial charge in [0.15, 0.2) is 0 Å². The lowest BCUT2D eigenvalue weighted by molar-refractivity contribution is -0.124. The van der Waals surface area contributed by atoms with Crippen molar-refractivity contribution >= 4 is 5.91 Å². The highest BCUT2D eigenvalue weighted by molar-refractivity contribution is 5.77. The first-order chi connectivity index (χ1) is 5.86. The molecule has 2 rings (SSSR count). The Labute approximate surface area is 70.3 Å². The Kier molecular flexibility index (Phi) is 1.80. The second-order valence-corrected chi connectivity index (χ2v) is 2.75. The lowest BCUT2D eigenvalue weighted by Crippen LogP contribution is -2.11. The van der Waals surface area contributed by atoms with Crippen molar-refractivity contribution in [3.8, 4) is 0 Å². The van der Waals surface area contributed by atoms with Gasteiger partial charge in [-0.25, -0.2) is 5.48 Å². The van der Waals surface area contributed by atoms with Gasteiger partial charge >= 0.3 is 0 Å². The maximum absolute atomic E-state index is 10.8. The summed E-state index contributed by atoms with van der Waals surface area (Å²) in [6.45, 7) is 0. The predicted molar refractivity (Wildman–Crippen MR) is 43.0 cm³/mol. The first-order valence-electron chi connectivity index (χ1n) is 3.86. The third-order valence-electron chi connectivity index (χ3n) is 1.86. The van der Waals surface area contributed by atoms with E-state index in [1.165, 1.54) is 0 Å². The molecule has 1 N–H and O–H groups in total. The van der Waals surface area contributed by atoms with Crippen molar-refractivity contribution in [3.63, 3.8) is 0 Å². The second kappa shape index (κ2) is 2.95. The molecule has 1 aromatic rings. The summed E-state index contributed by atoms with van der Waals surface area (Å²) in [5.41, 5.74) is 3.37. The number of carbonyl (C=O) groups excluding carboxylic acids is 1. The highest BCUT2D eigenvalue weighted by atomic mass is 16.7. The van der Waals surface area contributed by atoms with Crippen molar-refractivity contribution in [3.05, 3.63) is 35.9 Å². The Morgan fingerprint density at radius 1 is 1.33 bits per heavy atom. The molecule has 1 aliphatic rings. The van der Waals surface area contributed by atoms with E-state index in [4.69, 9.17) is 4.84 Å². The number of carbonyl (C=O) groups is 1. The molecule has 1 aliphatic heterocycles. The second-order valence-electron chi connectivity index (χ2n) is 2.75. The molecule has 1 unspecified atom stereocenters. The fraction of sp³-hybridized carbons (Fsp3) is 0.222. The van der Waals surface area contributed by atoms with E-state index in [2.05, 4.69) is 5.48 Å². The zero-order valence-electron chi connectivity index (χ0n) is 6.49. The fourth-order valence-electron chi connectivity index (χ4n) is 1.24. The fourth-order valence-corrected chi connectivity index (χ4v) is 1.24. The van der Waals surface area contributed by atoms with E-state index in [0.717, 1.165) is 5.56 Å². The summed E-state index contributed by atoms with van der Waals surface area (Å²) in [6, 6.07) is 9.70. The molecular weight excluding hydrogens is 154 g/mol. The molecule has 0 bridgehead atoms. The van der Waals surface area contributed by atoms with Gasteiger partial charge < -0.3 is 0 Å². The zero-order chi connectivity index (χ0) is 8.39. The quantitative estimate of drug-likeness (QED) is 0.675. The summed E-state index contributed by atoms with van der Waals surface area (Å²) in [6.07, 6.45) is 0.308. The number of rotatable bonds is 1. The minimum absolute atomic E-state index is 0.0520. The maximum Gasteiger partial charge on any atom is 0.246 e. The van der Waals surface area contributed by atoms with Crippen molar-refractivity contribution in [1.82, 2.24) is 5.48 Å². The monoisotopic (exact) mass is 163 g/mol. The van der Waals surface area contributed by atoms with E-state index >= 15 is 0 Å². The Morgan fingerprint density at radius 3 is 2.67 bits per heavy atom. The van der Waals surface area contributed by atoms with Crippen LogP contribution in [0, 0.1) is 0 Å². The van der Waals surface area contributed by atoms with Crippen LogP contribution in [0.1, 0.15) is 18.1 Å². The molecule has 0 radical (unpaired) electrons. The van der Waals surface area contributed by atoms with Crippen LogP contribution >= 0.6 is 0 Å². The summed E-state index contributed by atoms with van der Waals surface area (Å²) in [7, 11) is 0. The van der Waals surface area contributed by atoms with Gasteiger partial charge in [-0.15, -0.1) is 0 Å². The smallest absolute Gasteiger partial charge is 0.246 e. The first-order valence-corrected chi connectivity index (χ1v) is 3.86. The molecule has 0 saturated carbocycles. The van der Waals surface area contributed by atoms with Gasteiger partial charge in [0.1, 0.15) is 6.10 Å². The van der Waals surface area contributed by atoms with Gasteiger partial charge in [-0.3, -0.25) is 9.63 Å². The molecule has 0 spiro atoms. The molecule has 3 heteroatoms. The Hall–Kier alpha value is -1.35. The standard InChI is InChI=1S/C9H9NO2/c11-9-6-8(12-10-9)7-4-2-1-3-5-7/h1-5,8H,6H2,(H,10,11). The van der Waals surface area contributed by atoms with Crippen LogP contribution in [0.25, 0.3) is 0 Å². The number of hydrogen-bond acceptors (Lipinski definition) is 2. The number of nitrogens with one attached hydrogen (secondary N) is 1. The largest absolute Gasteiger partial charge is 0.273 e. The van der Waals surface area contributed by atoms with Crippen molar-refractivity contribution in [1.29, 1.82) is 0 Å². The summed E-state index contributed by atoms with van der Waals surface area (Å²) in [5.74, 6) is -0.0520. The van der Waals surface area contributed by atoms with Crippen LogP contribution in [-0.2, 0) is 9.63 Å². The number of hydroxylamine groups is 1. The van der Waals surface area contributed by atoms with Crippen molar-refractivity contribution in [2.75, 3.05) is 0 Å². The average molecular weight is 163 g/mol. The van der Waals surface area contributed by atoms with Gasteiger partial charge in [0, 0.05) is 0 Å². The average Bonchev–Trinajstić information content (AvgIpc) is 2.54. The predicted octanol–water partition coefficient (Wildman–Crippen LogP) is 1.18. The molecule has 62 valence electrons. The molecule has 3 nitrogen and oxygen atoms in total.